The molecular formula is C22H28N4O3S. The number of aryl methyl sites for hydroxylation is 2. The number of thiophene rings is 1. The number of methoxy groups -OCH3 is 2. The van der Waals surface area contributed by atoms with E-state index in [1.165, 1.54) is 16.0 Å². The Morgan fingerprint density at radius 2 is 1.90 bits per heavy atom. The summed E-state index contributed by atoms with van der Waals surface area (Å²) < 4.78 is 16.5. The standard InChI is InChI=1S/C22H28N4O3S/c1-14-15(2)30-22-20(14)21(24-13-25-22)23-12-17(26-7-9-29-10-8-26)16-5-6-18(27-3)19(11-16)28-4/h5-6,11,13,17H,7-10,12H2,1-4H3,(H,23,24,25). The first-order valence-electron chi connectivity index (χ1n) is 10.1. The van der Waals surface area contributed by atoms with Gasteiger partial charge in [-0.1, -0.05) is 6.07 Å². The highest BCUT2D eigenvalue weighted by Gasteiger charge is 2.24. The van der Waals surface area contributed by atoms with Gasteiger partial charge in [0.15, 0.2) is 11.5 Å². The van der Waals surface area contributed by atoms with Crippen molar-refractivity contribution in [2.24, 2.45) is 0 Å². The molecule has 30 heavy (non-hydrogen) atoms. The lowest BCUT2D eigenvalue weighted by molar-refractivity contribution is 0.0186. The van der Waals surface area contributed by atoms with Gasteiger partial charge < -0.3 is 19.5 Å². The third kappa shape index (κ3) is 4.08. The van der Waals surface area contributed by atoms with Crippen LogP contribution in [0.25, 0.3) is 10.2 Å². The maximum absolute atomic E-state index is 5.58. The van der Waals surface area contributed by atoms with Gasteiger partial charge in [0.2, 0.25) is 0 Å². The number of benzene rings is 1. The molecule has 4 rings (SSSR count). The van der Waals surface area contributed by atoms with Crippen molar-refractivity contribution in [3.05, 3.63) is 40.5 Å². The minimum atomic E-state index is 0.152. The lowest BCUT2D eigenvalue weighted by Gasteiger charge is -2.35. The number of rotatable bonds is 7. The van der Waals surface area contributed by atoms with Crippen LogP contribution < -0.4 is 14.8 Å². The maximum Gasteiger partial charge on any atom is 0.161 e. The fourth-order valence-corrected chi connectivity index (χ4v) is 4.91. The third-order valence-corrected chi connectivity index (χ3v) is 6.82. The molecule has 0 radical (unpaired) electrons. The van der Waals surface area contributed by atoms with Crippen LogP contribution in [0.3, 0.4) is 0 Å². The number of aromatic nitrogens is 2. The summed E-state index contributed by atoms with van der Waals surface area (Å²) in [4.78, 5) is 13.7. The van der Waals surface area contributed by atoms with Gasteiger partial charge in [-0.2, -0.15) is 0 Å². The Bertz CT molecular complexity index is 1020. The zero-order valence-corrected chi connectivity index (χ0v) is 18.7. The smallest absolute Gasteiger partial charge is 0.161 e. The number of morpholine rings is 1. The average Bonchev–Trinajstić information content (AvgIpc) is 3.08. The van der Waals surface area contributed by atoms with E-state index in [4.69, 9.17) is 14.2 Å². The molecule has 0 saturated carbocycles. The number of hydrogen-bond donors (Lipinski definition) is 1. The summed E-state index contributed by atoms with van der Waals surface area (Å²) in [6.45, 7) is 8.24. The lowest BCUT2D eigenvalue weighted by atomic mass is 10.0. The minimum absolute atomic E-state index is 0.152. The molecule has 0 amide bonds. The van der Waals surface area contributed by atoms with Crippen molar-refractivity contribution in [1.82, 2.24) is 14.9 Å². The monoisotopic (exact) mass is 428 g/mol. The van der Waals surface area contributed by atoms with E-state index >= 15 is 0 Å². The quantitative estimate of drug-likeness (QED) is 0.614. The number of nitrogens with zero attached hydrogens (tertiary/aromatic N) is 3. The summed E-state index contributed by atoms with van der Waals surface area (Å²) in [5.41, 5.74) is 2.41. The van der Waals surface area contributed by atoms with Crippen LogP contribution in [0.2, 0.25) is 0 Å². The molecule has 3 heterocycles. The van der Waals surface area contributed by atoms with Gasteiger partial charge in [0.25, 0.3) is 0 Å². The molecule has 1 unspecified atom stereocenters. The highest BCUT2D eigenvalue weighted by atomic mass is 32.1. The molecule has 2 aromatic heterocycles. The number of anilines is 1. The minimum Gasteiger partial charge on any atom is -0.493 e. The van der Waals surface area contributed by atoms with Crippen LogP contribution in [0.15, 0.2) is 24.5 Å². The van der Waals surface area contributed by atoms with Crippen molar-refractivity contribution in [2.75, 3.05) is 52.4 Å². The number of fused-ring (bicyclic) bond motifs is 1. The second-order valence-corrected chi connectivity index (χ2v) is 8.55. The zero-order chi connectivity index (χ0) is 21.1. The summed E-state index contributed by atoms with van der Waals surface area (Å²) in [5.74, 6) is 2.36. The molecule has 8 heteroatoms. The van der Waals surface area contributed by atoms with E-state index in [-0.39, 0.29) is 6.04 Å². The Morgan fingerprint density at radius 1 is 1.13 bits per heavy atom. The molecule has 1 N–H and O–H groups in total. The molecular weight excluding hydrogens is 400 g/mol. The molecule has 3 aromatic rings. The van der Waals surface area contributed by atoms with Crippen molar-refractivity contribution >= 4 is 27.4 Å². The Labute approximate surface area is 181 Å². The van der Waals surface area contributed by atoms with E-state index < -0.39 is 0 Å². The molecule has 160 valence electrons. The molecule has 0 bridgehead atoms. The van der Waals surface area contributed by atoms with Gasteiger partial charge in [-0.25, -0.2) is 9.97 Å². The van der Waals surface area contributed by atoms with E-state index in [1.54, 1.807) is 31.9 Å². The van der Waals surface area contributed by atoms with Crippen LogP contribution in [0.4, 0.5) is 5.82 Å². The van der Waals surface area contributed by atoms with Crippen LogP contribution >= 0.6 is 11.3 Å². The largest absolute Gasteiger partial charge is 0.493 e. The molecule has 1 aliphatic heterocycles. The Kier molecular flexibility index (Phi) is 6.36. The van der Waals surface area contributed by atoms with Gasteiger partial charge in [0.05, 0.1) is 38.9 Å². The predicted octanol–water partition coefficient (Wildman–Crippen LogP) is 3.81. The second-order valence-electron chi connectivity index (χ2n) is 7.35. The molecule has 1 fully saturated rings. The van der Waals surface area contributed by atoms with Gasteiger partial charge in [0, 0.05) is 24.5 Å². The summed E-state index contributed by atoms with van der Waals surface area (Å²) in [6.07, 6.45) is 1.64. The van der Waals surface area contributed by atoms with E-state index in [9.17, 15) is 0 Å². The van der Waals surface area contributed by atoms with Gasteiger partial charge in [-0.3, -0.25) is 4.90 Å². The number of ether oxygens (including phenoxy) is 3. The Morgan fingerprint density at radius 3 is 2.63 bits per heavy atom. The predicted molar refractivity (Wildman–Crippen MR) is 120 cm³/mol. The van der Waals surface area contributed by atoms with Crippen molar-refractivity contribution < 1.29 is 14.2 Å². The van der Waals surface area contributed by atoms with E-state index in [1.807, 2.05) is 6.07 Å². The molecule has 7 nitrogen and oxygen atoms in total. The normalized spacial score (nSPS) is 15.9. The molecule has 1 atom stereocenters. The molecule has 1 aliphatic rings. The van der Waals surface area contributed by atoms with E-state index in [2.05, 4.69) is 46.2 Å². The topological polar surface area (TPSA) is 68.7 Å². The highest BCUT2D eigenvalue weighted by molar-refractivity contribution is 7.18. The van der Waals surface area contributed by atoms with Crippen molar-refractivity contribution in [3.8, 4) is 11.5 Å². The Balaban J connectivity index is 1.64. The van der Waals surface area contributed by atoms with Gasteiger partial charge >= 0.3 is 0 Å². The fraction of sp³-hybridized carbons (Fsp3) is 0.455. The number of hydrogen-bond acceptors (Lipinski definition) is 8. The first-order valence-corrected chi connectivity index (χ1v) is 10.9. The van der Waals surface area contributed by atoms with Crippen LogP contribution in [0, 0.1) is 13.8 Å². The molecule has 1 aromatic carbocycles. The van der Waals surface area contributed by atoms with Crippen molar-refractivity contribution in [2.45, 2.75) is 19.9 Å². The van der Waals surface area contributed by atoms with Gasteiger partial charge in [0.1, 0.15) is 17.0 Å². The first kappa shape index (κ1) is 20.8. The first-order chi connectivity index (χ1) is 14.6. The van der Waals surface area contributed by atoms with Gasteiger partial charge in [-0.05, 0) is 37.1 Å². The van der Waals surface area contributed by atoms with E-state index in [0.29, 0.717) is 0 Å². The second kappa shape index (κ2) is 9.16. The van der Waals surface area contributed by atoms with Crippen molar-refractivity contribution in [1.29, 1.82) is 0 Å². The summed E-state index contributed by atoms with van der Waals surface area (Å²) >= 11 is 1.71. The van der Waals surface area contributed by atoms with Crippen LogP contribution in [0.1, 0.15) is 22.0 Å². The summed E-state index contributed by atoms with van der Waals surface area (Å²) in [7, 11) is 3.33. The third-order valence-electron chi connectivity index (χ3n) is 5.71. The SMILES string of the molecule is COc1ccc(C(CNc2ncnc3sc(C)c(C)c23)N2CCOCC2)cc1OC. The van der Waals surface area contributed by atoms with Gasteiger partial charge in [-0.15, -0.1) is 11.3 Å². The summed E-state index contributed by atoms with van der Waals surface area (Å²) in [5, 5.41) is 4.72. The average molecular weight is 429 g/mol. The van der Waals surface area contributed by atoms with Crippen molar-refractivity contribution in [3.63, 3.8) is 0 Å². The molecule has 0 spiro atoms. The summed E-state index contributed by atoms with van der Waals surface area (Å²) in [6, 6.07) is 6.30. The molecule has 0 aliphatic carbocycles. The Hall–Kier alpha value is -2.42. The highest BCUT2D eigenvalue weighted by Crippen LogP contribution is 2.35. The maximum atomic E-state index is 5.58. The lowest BCUT2D eigenvalue weighted by Crippen LogP contribution is -2.41. The fourth-order valence-electron chi connectivity index (χ4n) is 3.92. The van der Waals surface area contributed by atoms with E-state index in [0.717, 1.165) is 60.4 Å². The molecule has 1 saturated heterocycles. The zero-order valence-electron chi connectivity index (χ0n) is 17.9. The van der Waals surface area contributed by atoms with Crippen LogP contribution in [-0.2, 0) is 4.74 Å². The van der Waals surface area contributed by atoms with Crippen LogP contribution in [-0.4, -0.2) is 61.9 Å². The van der Waals surface area contributed by atoms with Crippen LogP contribution in [0.5, 0.6) is 11.5 Å². The number of nitrogens with one attached hydrogen (secondary N) is 1.